The number of nitrogens with one attached hydrogen (secondary N) is 2. The van der Waals surface area contributed by atoms with Crippen LogP contribution in [0.15, 0.2) is 94.1 Å². The summed E-state index contributed by atoms with van der Waals surface area (Å²) in [5, 5.41) is 5.96. The van der Waals surface area contributed by atoms with Crippen LogP contribution in [0.3, 0.4) is 0 Å². The van der Waals surface area contributed by atoms with Crippen molar-refractivity contribution >= 4 is 34.2 Å². The van der Waals surface area contributed by atoms with Crippen molar-refractivity contribution in [2.45, 2.75) is 19.4 Å². The van der Waals surface area contributed by atoms with E-state index in [1.807, 2.05) is 24.3 Å². The van der Waals surface area contributed by atoms with Crippen molar-refractivity contribution in [2.75, 3.05) is 45.1 Å². The maximum absolute atomic E-state index is 13.5. The number of rotatable bonds is 11. The van der Waals surface area contributed by atoms with Crippen molar-refractivity contribution in [1.82, 2.24) is 4.90 Å². The number of likely N-dealkylation sites (N-methyl/N-ethyl adjacent to an activating group) is 1. The molecule has 2 amide bonds. The predicted molar refractivity (Wildman–Crippen MR) is 180 cm³/mol. The van der Waals surface area contributed by atoms with Crippen LogP contribution < -0.4 is 30.3 Å². The second-order valence-corrected chi connectivity index (χ2v) is 11.4. The number of ether oxygens (including phenoxy) is 3. The van der Waals surface area contributed by atoms with E-state index in [9.17, 15) is 14.4 Å². The number of carbonyl (C=O) groups is 2. The summed E-state index contributed by atoms with van der Waals surface area (Å²) in [5.41, 5.74) is 4.46. The summed E-state index contributed by atoms with van der Waals surface area (Å²) in [6.45, 7) is 2.47. The molecule has 1 aliphatic rings. The smallest absolute Gasteiger partial charge is 0.291 e. The van der Waals surface area contributed by atoms with E-state index >= 15 is 0 Å². The Morgan fingerprint density at radius 1 is 0.851 bits per heavy atom. The van der Waals surface area contributed by atoms with Gasteiger partial charge < -0.3 is 34.2 Å². The van der Waals surface area contributed by atoms with Crippen molar-refractivity contribution in [3.63, 3.8) is 0 Å². The van der Waals surface area contributed by atoms with Gasteiger partial charge in [-0.05, 0) is 66.6 Å². The van der Waals surface area contributed by atoms with Gasteiger partial charge in [0.1, 0.15) is 11.3 Å². The highest BCUT2D eigenvalue weighted by Crippen LogP contribution is 2.34. The molecule has 47 heavy (non-hydrogen) atoms. The molecule has 1 aromatic heterocycles. The molecule has 0 atom stereocenters. The van der Waals surface area contributed by atoms with Crippen LogP contribution in [0, 0.1) is 0 Å². The first-order chi connectivity index (χ1) is 22.8. The molecular formula is C37H35N3O7. The minimum atomic E-state index is -0.700. The molecule has 0 aliphatic carbocycles. The van der Waals surface area contributed by atoms with Gasteiger partial charge in [-0.3, -0.25) is 14.4 Å². The molecule has 6 rings (SSSR count). The number of methoxy groups -OCH3 is 2. The maximum atomic E-state index is 13.5. The molecule has 2 N–H and O–H groups in total. The zero-order chi connectivity index (χ0) is 32.9. The lowest BCUT2D eigenvalue weighted by molar-refractivity contribution is 0.0997. The monoisotopic (exact) mass is 633 g/mol. The van der Waals surface area contributed by atoms with Gasteiger partial charge >= 0.3 is 0 Å². The van der Waals surface area contributed by atoms with Gasteiger partial charge in [0, 0.05) is 37.3 Å². The van der Waals surface area contributed by atoms with Gasteiger partial charge in [-0.1, -0.05) is 36.4 Å². The molecule has 0 fully saturated rings. The highest BCUT2D eigenvalue weighted by molar-refractivity contribution is 6.12. The van der Waals surface area contributed by atoms with Crippen molar-refractivity contribution < 1.29 is 28.2 Å². The average Bonchev–Trinajstić information content (AvgIpc) is 3.55. The lowest BCUT2D eigenvalue weighted by Crippen LogP contribution is -2.21. The zero-order valence-corrected chi connectivity index (χ0v) is 26.4. The molecular weight excluding hydrogens is 598 g/mol. The Balaban J connectivity index is 1.13. The first-order valence-corrected chi connectivity index (χ1v) is 15.2. The van der Waals surface area contributed by atoms with E-state index in [1.165, 1.54) is 37.5 Å². The third-order valence-corrected chi connectivity index (χ3v) is 8.08. The summed E-state index contributed by atoms with van der Waals surface area (Å²) in [5.74, 6) is 0.228. The fourth-order valence-electron chi connectivity index (χ4n) is 5.57. The van der Waals surface area contributed by atoms with Crippen LogP contribution in [0.1, 0.15) is 37.6 Å². The summed E-state index contributed by atoms with van der Waals surface area (Å²) in [7, 11) is 5.01. The van der Waals surface area contributed by atoms with Crippen LogP contribution in [0.2, 0.25) is 0 Å². The van der Waals surface area contributed by atoms with E-state index in [4.69, 9.17) is 18.6 Å². The summed E-state index contributed by atoms with van der Waals surface area (Å²) < 4.78 is 22.1. The number of anilines is 2. The molecule has 0 saturated heterocycles. The fourth-order valence-corrected chi connectivity index (χ4v) is 5.57. The molecule has 0 unspecified atom stereocenters. The minimum absolute atomic E-state index is 0.128. The molecule has 4 aromatic carbocycles. The lowest BCUT2D eigenvalue weighted by Gasteiger charge is -2.17. The third-order valence-electron chi connectivity index (χ3n) is 8.08. The van der Waals surface area contributed by atoms with Crippen LogP contribution in [0.5, 0.6) is 17.2 Å². The number of hydrogen-bond acceptors (Lipinski definition) is 8. The minimum Gasteiger partial charge on any atom is -0.493 e. The second kappa shape index (κ2) is 13.8. The number of fused-ring (bicyclic) bond motifs is 2. The van der Waals surface area contributed by atoms with Crippen LogP contribution in [-0.4, -0.2) is 51.1 Å². The van der Waals surface area contributed by atoms with E-state index in [1.54, 1.807) is 24.3 Å². The van der Waals surface area contributed by atoms with E-state index in [0.717, 1.165) is 49.9 Å². The summed E-state index contributed by atoms with van der Waals surface area (Å²) in [6.07, 6.45) is 1.80. The maximum Gasteiger partial charge on any atom is 0.291 e. The number of para-hydroxylation sites is 1. The zero-order valence-electron chi connectivity index (χ0n) is 26.4. The molecule has 10 heteroatoms. The van der Waals surface area contributed by atoms with Crippen molar-refractivity contribution in [1.29, 1.82) is 0 Å². The molecule has 0 bridgehead atoms. The van der Waals surface area contributed by atoms with E-state index < -0.39 is 11.8 Å². The third kappa shape index (κ3) is 7.13. The SMILES string of the molecule is COc1cc(NC(=O)c2cc(=O)c3ccccc3o2)c(C(=O)Nc2ccc(CCN(C)Cc3ccc4c(c3)CCO4)cc2)cc1OC. The van der Waals surface area contributed by atoms with E-state index in [2.05, 4.69) is 40.8 Å². The Bertz CT molecular complexity index is 2000. The normalized spacial score (nSPS) is 12.0. The van der Waals surface area contributed by atoms with Crippen LogP contribution in [0.4, 0.5) is 11.4 Å². The quantitative estimate of drug-likeness (QED) is 0.184. The van der Waals surface area contributed by atoms with Gasteiger partial charge in [-0.25, -0.2) is 0 Å². The summed E-state index contributed by atoms with van der Waals surface area (Å²) >= 11 is 0. The molecule has 0 spiro atoms. The van der Waals surface area contributed by atoms with Crippen molar-refractivity contribution in [3.8, 4) is 17.2 Å². The molecule has 1 aliphatic heterocycles. The predicted octanol–water partition coefficient (Wildman–Crippen LogP) is 5.92. The van der Waals surface area contributed by atoms with Crippen LogP contribution >= 0.6 is 0 Å². The molecule has 2 heterocycles. The Hall–Kier alpha value is -5.61. The van der Waals surface area contributed by atoms with Gasteiger partial charge in [0.05, 0.1) is 37.5 Å². The van der Waals surface area contributed by atoms with Crippen LogP contribution in [0.25, 0.3) is 11.0 Å². The highest BCUT2D eigenvalue weighted by Gasteiger charge is 2.21. The van der Waals surface area contributed by atoms with Gasteiger partial charge in [0.25, 0.3) is 11.8 Å². The van der Waals surface area contributed by atoms with E-state index in [0.29, 0.717) is 22.6 Å². The number of amides is 2. The number of hydrogen-bond donors (Lipinski definition) is 2. The van der Waals surface area contributed by atoms with Crippen molar-refractivity contribution in [3.05, 3.63) is 123 Å². The first-order valence-electron chi connectivity index (χ1n) is 15.2. The Labute approximate surface area is 271 Å². The van der Waals surface area contributed by atoms with Crippen molar-refractivity contribution in [2.24, 2.45) is 0 Å². The fraction of sp³-hybridized carbons (Fsp3) is 0.216. The number of nitrogens with zero attached hydrogens (tertiary/aromatic N) is 1. The Morgan fingerprint density at radius 2 is 1.60 bits per heavy atom. The average molecular weight is 634 g/mol. The lowest BCUT2D eigenvalue weighted by atomic mass is 10.1. The summed E-state index contributed by atoms with van der Waals surface area (Å²) in [6, 6.07) is 24.8. The van der Waals surface area contributed by atoms with Gasteiger partial charge in [-0.2, -0.15) is 0 Å². The highest BCUT2D eigenvalue weighted by atomic mass is 16.5. The van der Waals surface area contributed by atoms with Gasteiger partial charge in [0.15, 0.2) is 22.7 Å². The molecule has 240 valence electrons. The van der Waals surface area contributed by atoms with Gasteiger partial charge in [-0.15, -0.1) is 0 Å². The standard InChI is InChI=1S/C37H35N3O7/c1-40(22-24-10-13-31-25(18-24)15-17-46-31)16-14-23-8-11-26(12-9-23)38-36(42)28-19-33(44-2)34(45-3)20-29(28)39-37(43)35-21-30(41)27-6-4-5-7-32(27)47-35/h4-13,18-21H,14-17,22H2,1-3H3,(H,38,42)(H,39,43). The molecule has 10 nitrogen and oxygen atoms in total. The first kappa shape index (κ1) is 31.4. The molecule has 0 radical (unpaired) electrons. The largest absolute Gasteiger partial charge is 0.493 e. The number of benzene rings is 4. The number of carbonyl (C=O) groups excluding carboxylic acids is 2. The Kier molecular flexibility index (Phi) is 9.21. The van der Waals surface area contributed by atoms with Crippen LogP contribution in [-0.2, 0) is 19.4 Å². The topological polar surface area (TPSA) is 119 Å². The van der Waals surface area contributed by atoms with E-state index in [-0.39, 0.29) is 28.0 Å². The molecule has 5 aromatic rings. The second-order valence-electron chi connectivity index (χ2n) is 11.4. The van der Waals surface area contributed by atoms with Gasteiger partial charge in [0.2, 0.25) is 0 Å². The molecule has 0 saturated carbocycles. The Morgan fingerprint density at radius 3 is 2.38 bits per heavy atom. The summed E-state index contributed by atoms with van der Waals surface area (Å²) in [4.78, 5) is 41.6.